The van der Waals surface area contributed by atoms with E-state index < -0.39 is 0 Å². The number of nitrogens with one attached hydrogen (secondary N) is 1. The van der Waals surface area contributed by atoms with E-state index in [9.17, 15) is 0 Å². The van der Waals surface area contributed by atoms with E-state index in [2.05, 4.69) is 28.2 Å². The number of H-pyrrole nitrogens is 1. The number of aromatic amines is 1. The molecule has 0 spiro atoms. The Hall–Kier alpha value is -3.44. The molecule has 0 radical (unpaired) electrons. The van der Waals surface area contributed by atoms with Gasteiger partial charge in [0.1, 0.15) is 10.9 Å². The van der Waals surface area contributed by atoms with Crippen molar-refractivity contribution in [2.75, 3.05) is 0 Å². The molecule has 0 unspecified atom stereocenters. The first-order chi connectivity index (χ1) is 14.3. The van der Waals surface area contributed by atoms with Crippen LogP contribution in [0.3, 0.4) is 0 Å². The van der Waals surface area contributed by atoms with Crippen molar-refractivity contribution < 1.29 is 0 Å². The van der Waals surface area contributed by atoms with E-state index in [1.165, 1.54) is 0 Å². The highest BCUT2D eigenvalue weighted by molar-refractivity contribution is 7.98. The maximum absolute atomic E-state index is 4.86. The van der Waals surface area contributed by atoms with Gasteiger partial charge in [-0.25, -0.2) is 15.0 Å². The normalized spacial score (nSPS) is 11.6. The van der Waals surface area contributed by atoms with Crippen LogP contribution < -0.4 is 0 Å². The van der Waals surface area contributed by atoms with Crippen molar-refractivity contribution in [1.29, 1.82) is 0 Å². The van der Waals surface area contributed by atoms with E-state index in [0.717, 1.165) is 44.2 Å². The topological polar surface area (TPSA) is 54.5 Å². The Labute approximate surface area is 172 Å². The first-order valence-electron chi connectivity index (χ1n) is 9.41. The number of aromatic nitrogens is 4. The van der Waals surface area contributed by atoms with Crippen LogP contribution in [0.15, 0.2) is 83.9 Å². The van der Waals surface area contributed by atoms with Gasteiger partial charge in [0.25, 0.3) is 0 Å². The first-order valence-corrected chi connectivity index (χ1v) is 10.4. The zero-order chi connectivity index (χ0) is 19.5. The van der Waals surface area contributed by atoms with Gasteiger partial charge in [-0.15, -0.1) is 0 Å². The zero-order valence-corrected chi connectivity index (χ0v) is 16.4. The molecule has 2 aromatic heterocycles. The summed E-state index contributed by atoms with van der Waals surface area (Å²) in [6.07, 6.45) is 4.11. The molecule has 5 rings (SSSR count). The number of thioether (sulfide) groups is 1. The van der Waals surface area contributed by atoms with E-state index in [4.69, 9.17) is 9.97 Å². The molecular formula is C24H18N4S. The molecule has 0 saturated heterocycles. The molecule has 0 aliphatic carbocycles. The van der Waals surface area contributed by atoms with Gasteiger partial charge in [-0.3, -0.25) is 0 Å². The van der Waals surface area contributed by atoms with Crippen LogP contribution in [0.1, 0.15) is 17.1 Å². The van der Waals surface area contributed by atoms with Gasteiger partial charge in [0.2, 0.25) is 0 Å². The number of hydrogen-bond acceptors (Lipinski definition) is 4. The summed E-state index contributed by atoms with van der Waals surface area (Å²) < 4.78 is 0. The molecule has 5 aromatic rings. The van der Waals surface area contributed by atoms with Crippen molar-refractivity contribution in [3.8, 4) is 0 Å². The maximum Gasteiger partial charge on any atom is 0.123 e. The van der Waals surface area contributed by atoms with Crippen molar-refractivity contribution >= 4 is 46.0 Å². The van der Waals surface area contributed by atoms with E-state index >= 15 is 0 Å². The summed E-state index contributed by atoms with van der Waals surface area (Å²) in [6.45, 7) is 0. The molecule has 0 amide bonds. The molecular weight excluding hydrogens is 376 g/mol. The lowest BCUT2D eigenvalue weighted by Crippen LogP contribution is -1.94. The second kappa shape index (κ2) is 7.89. The number of nitrogens with zero attached hydrogens (tertiary/aromatic N) is 3. The van der Waals surface area contributed by atoms with Gasteiger partial charge >= 0.3 is 0 Å². The fourth-order valence-corrected chi connectivity index (χ4v) is 4.00. The first kappa shape index (κ1) is 17.6. The number of para-hydroxylation sites is 4. The Balaban J connectivity index is 1.48. The zero-order valence-electron chi connectivity index (χ0n) is 15.6. The smallest absolute Gasteiger partial charge is 0.123 e. The summed E-state index contributed by atoms with van der Waals surface area (Å²) >= 11 is 1.65. The van der Waals surface area contributed by atoms with E-state index in [-0.39, 0.29) is 0 Å². The van der Waals surface area contributed by atoms with Crippen molar-refractivity contribution in [1.82, 2.24) is 19.9 Å². The Morgan fingerprint density at radius 3 is 2.17 bits per heavy atom. The fraction of sp³-hybridized carbons (Fsp3) is 0.0417. The van der Waals surface area contributed by atoms with Crippen molar-refractivity contribution in [2.45, 2.75) is 10.8 Å². The van der Waals surface area contributed by atoms with Crippen LogP contribution in [-0.4, -0.2) is 19.9 Å². The molecule has 3 aromatic carbocycles. The SMILES string of the molecule is C(=C\c1nc2ccccc2nc1SCc1nc2ccccc2[nH]1)/c1ccccc1. The average molecular weight is 395 g/mol. The molecule has 140 valence electrons. The second-order valence-corrected chi connectivity index (χ2v) is 7.60. The predicted molar refractivity (Wildman–Crippen MR) is 121 cm³/mol. The molecule has 2 heterocycles. The molecule has 29 heavy (non-hydrogen) atoms. The van der Waals surface area contributed by atoms with E-state index in [0.29, 0.717) is 5.75 Å². The quantitative estimate of drug-likeness (QED) is 0.373. The van der Waals surface area contributed by atoms with Crippen LogP contribution in [0.2, 0.25) is 0 Å². The Kier molecular flexibility index (Phi) is 4.80. The largest absolute Gasteiger partial charge is 0.341 e. The minimum atomic E-state index is 0.702. The van der Waals surface area contributed by atoms with Gasteiger partial charge in [0.15, 0.2) is 0 Å². The van der Waals surface area contributed by atoms with Crippen molar-refractivity contribution in [3.05, 3.63) is 95.9 Å². The van der Waals surface area contributed by atoms with Gasteiger partial charge in [0, 0.05) is 0 Å². The lowest BCUT2D eigenvalue weighted by molar-refractivity contribution is 1.08. The molecule has 0 bridgehead atoms. The standard InChI is InChI=1S/C24H18N4S/c1-2-8-17(9-3-1)14-15-22-24(28-21-13-7-4-10-18(21)25-22)29-16-23-26-19-11-5-6-12-20(19)27-23/h1-15H,16H2,(H,26,27)/b15-14+. The van der Waals surface area contributed by atoms with Gasteiger partial charge in [-0.1, -0.05) is 72.4 Å². The third-order valence-electron chi connectivity index (χ3n) is 4.58. The lowest BCUT2D eigenvalue weighted by Gasteiger charge is -2.06. The molecule has 0 atom stereocenters. The fourth-order valence-electron chi connectivity index (χ4n) is 3.16. The van der Waals surface area contributed by atoms with Gasteiger partial charge in [0.05, 0.1) is 33.5 Å². The van der Waals surface area contributed by atoms with Crippen molar-refractivity contribution in [2.24, 2.45) is 0 Å². The minimum Gasteiger partial charge on any atom is -0.341 e. The van der Waals surface area contributed by atoms with E-state index in [1.54, 1.807) is 11.8 Å². The van der Waals surface area contributed by atoms with Gasteiger partial charge in [-0.05, 0) is 35.9 Å². The monoisotopic (exact) mass is 394 g/mol. The maximum atomic E-state index is 4.86. The molecule has 5 heteroatoms. The van der Waals surface area contributed by atoms with E-state index in [1.807, 2.05) is 72.8 Å². The number of imidazole rings is 1. The number of benzene rings is 3. The molecule has 1 N–H and O–H groups in total. The highest BCUT2D eigenvalue weighted by Gasteiger charge is 2.10. The Morgan fingerprint density at radius 1 is 0.690 bits per heavy atom. The Morgan fingerprint density at radius 2 is 1.38 bits per heavy atom. The highest BCUT2D eigenvalue weighted by Crippen LogP contribution is 2.27. The van der Waals surface area contributed by atoms with Crippen LogP contribution >= 0.6 is 11.8 Å². The molecule has 4 nitrogen and oxygen atoms in total. The number of fused-ring (bicyclic) bond motifs is 2. The lowest BCUT2D eigenvalue weighted by atomic mass is 10.2. The molecule has 0 aliphatic rings. The summed E-state index contributed by atoms with van der Waals surface area (Å²) in [7, 11) is 0. The summed E-state index contributed by atoms with van der Waals surface area (Å²) in [5.74, 6) is 1.64. The molecule has 0 aliphatic heterocycles. The number of hydrogen-bond donors (Lipinski definition) is 1. The molecule has 0 fully saturated rings. The van der Waals surface area contributed by atoms with Crippen molar-refractivity contribution in [3.63, 3.8) is 0 Å². The second-order valence-electron chi connectivity index (χ2n) is 6.64. The third-order valence-corrected chi connectivity index (χ3v) is 5.57. The number of rotatable bonds is 5. The van der Waals surface area contributed by atoms with Crippen LogP contribution in [0.25, 0.3) is 34.2 Å². The van der Waals surface area contributed by atoms with Crippen LogP contribution in [-0.2, 0) is 5.75 Å². The summed E-state index contributed by atoms with van der Waals surface area (Å²) in [5, 5.41) is 0.899. The Bertz CT molecular complexity index is 1280. The van der Waals surface area contributed by atoms with Crippen LogP contribution in [0.4, 0.5) is 0 Å². The average Bonchev–Trinajstić information content (AvgIpc) is 3.19. The minimum absolute atomic E-state index is 0.702. The molecule has 0 saturated carbocycles. The van der Waals surface area contributed by atoms with Gasteiger partial charge < -0.3 is 4.98 Å². The highest BCUT2D eigenvalue weighted by atomic mass is 32.2. The van der Waals surface area contributed by atoms with Gasteiger partial charge in [-0.2, -0.15) is 0 Å². The van der Waals surface area contributed by atoms with Crippen LogP contribution in [0, 0.1) is 0 Å². The predicted octanol–water partition coefficient (Wildman–Crippen LogP) is 5.97. The van der Waals surface area contributed by atoms with Crippen LogP contribution in [0.5, 0.6) is 0 Å². The summed E-state index contributed by atoms with van der Waals surface area (Å²) in [4.78, 5) is 17.8. The third kappa shape index (κ3) is 3.91. The summed E-state index contributed by atoms with van der Waals surface area (Å²) in [6, 6.07) is 26.3. The summed E-state index contributed by atoms with van der Waals surface area (Å²) in [5.41, 5.74) is 5.84.